The first-order valence-corrected chi connectivity index (χ1v) is 13.3. The summed E-state index contributed by atoms with van der Waals surface area (Å²) in [6.07, 6.45) is 3.51. The molecule has 1 aliphatic heterocycles. The summed E-state index contributed by atoms with van der Waals surface area (Å²) in [5.41, 5.74) is 1.85. The zero-order valence-electron chi connectivity index (χ0n) is 19.8. The maximum atomic E-state index is 13.0. The van der Waals surface area contributed by atoms with Crippen LogP contribution in [0.25, 0.3) is 0 Å². The summed E-state index contributed by atoms with van der Waals surface area (Å²) in [4.78, 5) is 15.6. The number of nitrogens with zero attached hydrogens (tertiary/aromatic N) is 1. The van der Waals surface area contributed by atoms with E-state index in [2.05, 4.69) is 14.9 Å². The van der Waals surface area contributed by atoms with E-state index < -0.39 is 10.0 Å². The minimum atomic E-state index is -3.74. The van der Waals surface area contributed by atoms with Crippen LogP contribution in [0, 0.1) is 0 Å². The smallest absolute Gasteiger partial charge is 0.261 e. The first kappa shape index (κ1) is 24.8. The Morgan fingerprint density at radius 3 is 2.34 bits per heavy atom. The van der Waals surface area contributed by atoms with Crippen LogP contribution in [0.1, 0.15) is 41.2 Å². The van der Waals surface area contributed by atoms with Gasteiger partial charge < -0.3 is 10.1 Å². The summed E-state index contributed by atoms with van der Waals surface area (Å²) in [5.74, 6) is 0.547. The number of methoxy groups -OCH3 is 1. The van der Waals surface area contributed by atoms with Crippen LogP contribution in [0.4, 0.5) is 5.69 Å². The predicted molar refractivity (Wildman–Crippen MR) is 137 cm³/mol. The van der Waals surface area contributed by atoms with Gasteiger partial charge in [0, 0.05) is 17.8 Å². The van der Waals surface area contributed by atoms with Crippen LogP contribution in [0.3, 0.4) is 0 Å². The molecule has 1 atom stereocenters. The SMILES string of the molecule is COc1ccc([C@@H](CNC(=O)c2cccc(NS(=O)(=O)c3ccccc3)c2)N2CCCCC2)cc1. The highest BCUT2D eigenvalue weighted by molar-refractivity contribution is 7.92. The van der Waals surface area contributed by atoms with E-state index in [0.29, 0.717) is 17.8 Å². The van der Waals surface area contributed by atoms with Crippen molar-refractivity contribution in [3.8, 4) is 5.75 Å². The number of carbonyl (C=O) groups is 1. The highest BCUT2D eigenvalue weighted by Gasteiger charge is 2.23. The van der Waals surface area contributed by atoms with Gasteiger partial charge in [0.15, 0.2) is 0 Å². The second-order valence-electron chi connectivity index (χ2n) is 8.59. The number of carbonyl (C=O) groups excluding carboxylic acids is 1. The number of anilines is 1. The molecule has 1 aliphatic rings. The van der Waals surface area contributed by atoms with Gasteiger partial charge in [-0.05, 0) is 74.0 Å². The van der Waals surface area contributed by atoms with Crippen molar-refractivity contribution in [1.82, 2.24) is 10.2 Å². The van der Waals surface area contributed by atoms with E-state index in [4.69, 9.17) is 4.74 Å². The Kier molecular flexibility index (Phi) is 8.05. The van der Waals surface area contributed by atoms with Crippen molar-refractivity contribution < 1.29 is 17.9 Å². The van der Waals surface area contributed by atoms with Gasteiger partial charge in [-0.15, -0.1) is 0 Å². The standard InChI is InChI=1S/C27H31N3O4S/c1-34-24-15-13-21(14-16-24)26(30-17-6-3-7-18-30)20-28-27(31)22-9-8-10-23(19-22)29-35(32,33)25-11-4-2-5-12-25/h2,4-5,8-16,19,26,29H,3,6-7,17-18,20H2,1H3,(H,28,31)/t26-/m1/s1. The van der Waals surface area contributed by atoms with Crippen molar-refractivity contribution >= 4 is 21.6 Å². The average molecular weight is 494 g/mol. The monoisotopic (exact) mass is 493 g/mol. The minimum Gasteiger partial charge on any atom is -0.497 e. The topological polar surface area (TPSA) is 87.7 Å². The number of nitrogens with one attached hydrogen (secondary N) is 2. The number of rotatable bonds is 9. The Labute approximate surface area is 207 Å². The van der Waals surface area contributed by atoms with Gasteiger partial charge >= 0.3 is 0 Å². The third-order valence-corrected chi connectivity index (χ3v) is 7.62. The van der Waals surface area contributed by atoms with Crippen molar-refractivity contribution in [2.45, 2.75) is 30.2 Å². The molecule has 1 saturated heterocycles. The van der Waals surface area contributed by atoms with Crippen LogP contribution in [-0.2, 0) is 10.0 Å². The first-order valence-electron chi connectivity index (χ1n) is 11.8. The van der Waals surface area contributed by atoms with Gasteiger partial charge in [-0.25, -0.2) is 8.42 Å². The molecule has 8 heteroatoms. The number of piperidine rings is 1. The summed E-state index contributed by atoms with van der Waals surface area (Å²) in [5, 5.41) is 3.06. The van der Waals surface area contributed by atoms with Gasteiger partial charge in [-0.1, -0.05) is 42.8 Å². The zero-order chi connectivity index (χ0) is 24.7. The van der Waals surface area contributed by atoms with Crippen LogP contribution < -0.4 is 14.8 Å². The summed E-state index contributed by atoms with van der Waals surface area (Å²) in [7, 11) is -2.09. The van der Waals surface area contributed by atoms with Gasteiger partial charge in [0.05, 0.1) is 18.0 Å². The van der Waals surface area contributed by atoms with E-state index in [-0.39, 0.29) is 16.8 Å². The van der Waals surface area contributed by atoms with Crippen LogP contribution >= 0.6 is 0 Å². The number of amides is 1. The first-order chi connectivity index (χ1) is 17.0. The second-order valence-corrected chi connectivity index (χ2v) is 10.3. The summed E-state index contributed by atoms with van der Waals surface area (Å²) in [6.45, 7) is 2.43. The van der Waals surface area contributed by atoms with E-state index in [9.17, 15) is 13.2 Å². The fraction of sp³-hybridized carbons (Fsp3) is 0.296. The molecule has 1 amide bonds. The quantitative estimate of drug-likeness (QED) is 0.460. The molecule has 35 heavy (non-hydrogen) atoms. The summed E-state index contributed by atoms with van der Waals surface area (Å²) in [6, 6.07) is 22.7. The third-order valence-electron chi connectivity index (χ3n) is 6.22. The second kappa shape index (κ2) is 11.4. The van der Waals surface area contributed by atoms with Crippen LogP contribution in [0.5, 0.6) is 5.75 Å². The number of likely N-dealkylation sites (tertiary alicyclic amines) is 1. The lowest BCUT2D eigenvalue weighted by molar-refractivity contribution is 0.0924. The molecule has 0 spiro atoms. The lowest BCUT2D eigenvalue weighted by Gasteiger charge is -2.35. The van der Waals surface area contributed by atoms with Gasteiger partial charge in [0.1, 0.15) is 5.75 Å². The highest BCUT2D eigenvalue weighted by atomic mass is 32.2. The maximum Gasteiger partial charge on any atom is 0.261 e. The molecule has 0 saturated carbocycles. The van der Waals surface area contributed by atoms with Crippen molar-refractivity contribution in [1.29, 1.82) is 0 Å². The van der Waals surface area contributed by atoms with Crippen molar-refractivity contribution in [3.63, 3.8) is 0 Å². The zero-order valence-corrected chi connectivity index (χ0v) is 20.6. The molecule has 0 aromatic heterocycles. The molecule has 1 heterocycles. The van der Waals surface area contributed by atoms with Crippen LogP contribution in [-0.4, -0.2) is 46.0 Å². The van der Waals surface area contributed by atoms with E-state index in [1.165, 1.54) is 18.6 Å². The highest BCUT2D eigenvalue weighted by Crippen LogP contribution is 2.26. The number of hydrogen-bond acceptors (Lipinski definition) is 5. The number of ether oxygens (including phenoxy) is 1. The Bertz CT molecular complexity index is 1220. The number of benzene rings is 3. The molecule has 7 nitrogen and oxygen atoms in total. The van der Waals surface area contributed by atoms with Gasteiger partial charge in [0.2, 0.25) is 0 Å². The van der Waals surface area contributed by atoms with Gasteiger partial charge in [-0.2, -0.15) is 0 Å². The normalized spacial score (nSPS) is 15.2. The molecule has 4 rings (SSSR count). The van der Waals surface area contributed by atoms with E-state index in [1.54, 1.807) is 49.6 Å². The molecular formula is C27H31N3O4S. The average Bonchev–Trinajstić information content (AvgIpc) is 2.90. The Morgan fingerprint density at radius 1 is 0.943 bits per heavy atom. The molecule has 3 aromatic rings. The third kappa shape index (κ3) is 6.41. The van der Waals surface area contributed by atoms with Crippen molar-refractivity contribution in [2.75, 3.05) is 31.5 Å². The lowest BCUT2D eigenvalue weighted by atomic mass is 10.0. The van der Waals surface area contributed by atoms with Gasteiger partial charge in [0.25, 0.3) is 15.9 Å². The number of sulfonamides is 1. The lowest BCUT2D eigenvalue weighted by Crippen LogP contribution is -2.40. The van der Waals surface area contributed by atoms with Crippen molar-refractivity contribution in [2.24, 2.45) is 0 Å². The number of hydrogen-bond donors (Lipinski definition) is 2. The fourth-order valence-corrected chi connectivity index (χ4v) is 5.41. The fourth-order valence-electron chi connectivity index (χ4n) is 4.34. The molecule has 0 aliphatic carbocycles. The molecule has 1 fully saturated rings. The Morgan fingerprint density at radius 2 is 1.66 bits per heavy atom. The molecule has 0 radical (unpaired) electrons. The van der Waals surface area contributed by atoms with Crippen LogP contribution in [0.15, 0.2) is 83.8 Å². The summed E-state index contributed by atoms with van der Waals surface area (Å²) >= 11 is 0. The van der Waals surface area contributed by atoms with Crippen LogP contribution in [0.2, 0.25) is 0 Å². The molecule has 184 valence electrons. The summed E-state index contributed by atoms with van der Waals surface area (Å²) < 4.78 is 33.1. The van der Waals surface area contributed by atoms with Crippen molar-refractivity contribution in [3.05, 3.63) is 90.0 Å². The molecular weight excluding hydrogens is 462 g/mol. The molecule has 2 N–H and O–H groups in total. The minimum absolute atomic E-state index is 0.0462. The largest absolute Gasteiger partial charge is 0.497 e. The van der Waals surface area contributed by atoms with E-state index >= 15 is 0 Å². The predicted octanol–water partition coefficient (Wildman–Crippen LogP) is 4.45. The van der Waals surface area contributed by atoms with E-state index in [1.807, 2.05) is 24.3 Å². The Hall–Kier alpha value is -3.36. The molecule has 0 bridgehead atoms. The van der Waals surface area contributed by atoms with Gasteiger partial charge in [-0.3, -0.25) is 14.4 Å². The molecule has 3 aromatic carbocycles. The Balaban J connectivity index is 1.46. The maximum absolute atomic E-state index is 13.0. The van der Waals surface area contributed by atoms with E-state index in [0.717, 1.165) is 37.2 Å². The molecule has 0 unspecified atom stereocenters.